The summed E-state index contributed by atoms with van der Waals surface area (Å²) in [7, 11) is 0. The predicted molar refractivity (Wildman–Crippen MR) is 80.2 cm³/mol. The van der Waals surface area contributed by atoms with Gasteiger partial charge in [0.1, 0.15) is 0 Å². The number of aryl methyl sites for hydroxylation is 1. The predicted octanol–water partition coefficient (Wildman–Crippen LogP) is 4.51. The van der Waals surface area contributed by atoms with E-state index in [1.54, 1.807) is 0 Å². The molecule has 18 heavy (non-hydrogen) atoms. The molecule has 0 unspecified atom stereocenters. The van der Waals surface area contributed by atoms with E-state index in [9.17, 15) is 0 Å². The third-order valence-electron chi connectivity index (χ3n) is 3.45. The molecule has 1 aliphatic rings. The fourth-order valence-corrected chi connectivity index (χ4v) is 3.38. The molecule has 0 radical (unpaired) electrons. The van der Waals surface area contributed by atoms with Crippen LogP contribution in [0, 0.1) is 0 Å². The number of hydrogen-bond donors (Lipinski definition) is 0. The maximum atomic E-state index is 6.12. The molecule has 1 aromatic rings. The van der Waals surface area contributed by atoms with Gasteiger partial charge in [0.15, 0.2) is 0 Å². The zero-order valence-electron chi connectivity index (χ0n) is 10.7. The Morgan fingerprint density at radius 2 is 1.94 bits per heavy atom. The van der Waals surface area contributed by atoms with Crippen molar-refractivity contribution >= 4 is 15.9 Å². The van der Waals surface area contributed by atoms with Gasteiger partial charge in [-0.3, -0.25) is 0 Å². The van der Waals surface area contributed by atoms with Crippen molar-refractivity contribution in [2.45, 2.75) is 49.1 Å². The van der Waals surface area contributed by atoms with Gasteiger partial charge >= 0.3 is 0 Å². The minimum absolute atomic E-state index is 0.349. The van der Waals surface area contributed by atoms with Crippen LogP contribution in [0.1, 0.15) is 31.2 Å². The Morgan fingerprint density at radius 3 is 2.67 bits per heavy atom. The molecule has 0 amide bonds. The summed E-state index contributed by atoms with van der Waals surface area (Å²) >= 11 is 3.75. The van der Waals surface area contributed by atoms with Gasteiger partial charge in [0.05, 0.1) is 12.2 Å². The summed E-state index contributed by atoms with van der Waals surface area (Å²) in [5, 5.41) is 0. The molecule has 1 saturated heterocycles. The zero-order chi connectivity index (χ0) is 12.8. The summed E-state index contributed by atoms with van der Waals surface area (Å²) in [5.41, 5.74) is 1.40. The summed E-state index contributed by atoms with van der Waals surface area (Å²) in [5.74, 6) is 0. The molecule has 1 aromatic carbocycles. The van der Waals surface area contributed by atoms with Crippen molar-refractivity contribution in [3.63, 3.8) is 0 Å². The minimum Gasteiger partial charge on any atom is -0.375 e. The fourth-order valence-electron chi connectivity index (χ4n) is 2.55. The molecule has 0 spiro atoms. The van der Waals surface area contributed by atoms with Gasteiger partial charge in [-0.05, 0) is 37.7 Å². The van der Waals surface area contributed by atoms with Crippen LogP contribution in [0.15, 0.2) is 43.0 Å². The summed E-state index contributed by atoms with van der Waals surface area (Å²) in [6.07, 6.45) is 8.10. The average Bonchev–Trinajstić information content (AvgIpc) is 2.37. The first-order valence-corrected chi connectivity index (χ1v) is 7.64. The lowest BCUT2D eigenvalue weighted by molar-refractivity contribution is -0.0472. The van der Waals surface area contributed by atoms with Gasteiger partial charge in [-0.15, -0.1) is 6.58 Å². The van der Waals surface area contributed by atoms with Crippen molar-refractivity contribution in [3.8, 4) is 0 Å². The van der Waals surface area contributed by atoms with Crippen molar-refractivity contribution in [1.29, 1.82) is 0 Å². The van der Waals surface area contributed by atoms with Crippen molar-refractivity contribution < 1.29 is 4.74 Å². The fraction of sp³-hybridized carbons (Fsp3) is 0.500. The normalized spacial score (nSPS) is 27.9. The second kappa shape index (κ2) is 7.10. The van der Waals surface area contributed by atoms with Crippen LogP contribution in [-0.4, -0.2) is 17.0 Å². The van der Waals surface area contributed by atoms with Crippen LogP contribution in [0.25, 0.3) is 0 Å². The van der Waals surface area contributed by atoms with E-state index in [0.717, 1.165) is 32.1 Å². The Labute approximate surface area is 118 Å². The van der Waals surface area contributed by atoms with Crippen LogP contribution in [-0.2, 0) is 11.2 Å². The standard InChI is InChI=1S/C16H21BrO/c1-2-6-15-11-14(17)12-16(18-15)10-9-13-7-4-3-5-8-13/h2-5,7-8,14-16H,1,6,9-12H2/t14-,15-,16+/m1/s1. The highest BCUT2D eigenvalue weighted by Gasteiger charge is 2.26. The number of alkyl halides is 1. The van der Waals surface area contributed by atoms with Crippen molar-refractivity contribution in [2.75, 3.05) is 0 Å². The molecular formula is C16H21BrO. The Hall–Kier alpha value is -0.600. The molecular weight excluding hydrogens is 288 g/mol. The van der Waals surface area contributed by atoms with E-state index >= 15 is 0 Å². The lowest BCUT2D eigenvalue weighted by atomic mass is 9.97. The number of hydrogen-bond acceptors (Lipinski definition) is 1. The Balaban J connectivity index is 1.83. The molecule has 1 aliphatic heterocycles. The zero-order valence-corrected chi connectivity index (χ0v) is 12.3. The topological polar surface area (TPSA) is 9.23 Å². The summed E-state index contributed by atoms with van der Waals surface area (Å²) in [6, 6.07) is 10.6. The number of ether oxygens (including phenoxy) is 1. The first-order chi connectivity index (χ1) is 8.78. The van der Waals surface area contributed by atoms with Gasteiger partial charge in [0.25, 0.3) is 0 Å². The van der Waals surface area contributed by atoms with E-state index < -0.39 is 0 Å². The van der Waals surface area contributed by atoms with Gasteiger partial charge in [-0.2, -0.15) is 0 Å². The molecule has 0 aromatic heterocycles. The largest absolute Gasteiger partial charge is 0.375 e. The van der Waals surface area contributed by atoms with E-state index in [0.29, 0.717) is 17.0 Å². The van der Waals surface area contributed by atoms with Crippen LogP contribution in [0.4, 0.5) is 0 Å². The van der Waals surface area contributed by atoms with Crippen LogP contribution < -0.4 is 0 Å². The van der Waals surface area contributed by atoms with Crippen LogP contribution in [0.5, 0.6) is 0 Å². The van der Waals surface area contributed by atoms with Crippen molar-refractivity contribution in [2.24, 2.45) is 0 Å². The molecule has 0 bridgehead atoms. The molecule has 3 atom stereocenters. The van der Waals surface area contributed by atoms with E-state index in [1.165, 1.54) is 5.56 Å². The van der Waals surface area contributed by atoms with E-state index in [2.05, 4.69) is 52.8 Å². The van der Waals surface area contributed by atoms with Crippen LogP contribution in [0.2, 0.25) is 0 Å². The maximum absolute atomic E-state index is 6.12. The highest BCUT2D eigenvalue weighted by molar-refractivity contribution is 9.09. The van der Waals surface area contributed by atoms with Crippen LogP contribution >= 0.6 is 15.9 Å². The molecule has 1 nitrogen and oxygen atoms in total. The second-order valence-corrected chi connectivity index (χ2v) is 6.29. The first kappa shape index (κ1) is 13.8. The van der Waals surface area contributed by atoms with E-state index in [1.807, 2.05) is 6.08 Å². The van der Waals surface area contributed by atoms with Gasteiger partial charge in [0, 0.05) is 4.83 Å². The monoisotopic (exact) mass is 308 g/mol. The summed E-state index contributed by atoms with van der Waals surface area (Å²) < 4.78 is 6.12. The maximum Gasteiger partial charge on any atom is 0.0623 e. The Bertz CT molecular complexity index is 363. The van der Waals surface area contributed by atoms with Gasteiger partial charge in [-0.25, -0.2) is 0 Å². The molecule has 2 rings (SSSR count). The molecule has 2 heteroatoms. The molecule has 0 aliphatic carbocycles. The number of benzene rings is 1. The Kier molecular flexibility index (Phi) is 5.45. The molecule has 1 fully saturated rings. The highest BCUT2D eigenvalue weighted by Crippen LogP contribution is 2.29. The SMILES string of the molecule is C=CC[C@@H]1C[C@@H](Br)C[C@H](CCc2ccccc2)O1. The van der Waals surface area contributed by atoms with Gasteiger partial charge in [-0.1, -0.05) is 52.3 Å². The molecule has 0 N–H and O–H groups in total. The average molecular weight is 309 g/mol. The minimum atomic E-state index is 0.349. The van der Waals surface area contributed by atoms with Gasteiger partial charge < -0.3 is 4.74 Å². The lowest BCUT2D eigenvalue weighted by Crippen LogP contribution is -2.33. The first-order valence-electron chi connectivity index (χ1n) is 6.72. The smallest absolute Gasteiger partial charge is 0.0623 e. The molecule has 98 valence electrons. The van der Waals surface area contributed by atoms with Crippen molar-refractivity contribution in [1.82, 2.24) is 0 Å². The Morgan fingerprint density at radius 1 is 1.22 bits per heavy atom. The van der Waals surface area contributed by atoms with Gasteiger partial charge in [0.2, 0.25) is 0 Å². The quantitative estimate of drug-likeness (QED) is 0.574. The summed E-state index contributed by atoms with van der Waals surface area (Å²) in [4.78, 5) is 0.594. The highest BCUT2D eigenvalue weighted by atomic mass is 79.9. The third kappa shape index (κ3) is 4.25. The molecule has 0 saturated carbocycles. The van der Waals surface area contributed by atoms with Crippen molar-refractivity contribution in [3.05, 3.63) is 48.6 Å². The molecule has 1 heterocycles. The second-order valence-electron chi connectivity index (χ2n) is 5.00. The summed E-state index contributed by atoms with van der Waals surface area (Å²) in [6.45, 7) is 3.80. The number of halogens is 1. The lowest BCUT2D eigenvalue weighted by Gasteiger charge is -2.33. The van der Waals surface area contributed by atoms with Crippen LogP contribution in [0.3, 0.4) is 0 Å². The van der Waals surface area contributed by atoms with E-state index in [-0.39, 0.29) is 0 Å². The third-order valence-corrected chi connectivity index (χ3v) is 4.20. The van der Waals surface area contributed by atoms with E-state index in [4.69, 9.17) is 4.74 Å². The number of rotatable bonds is 5.